The quantitative estimate of drug-likeness (QED) is 0.598. The van der Waals surface area contributed by atoms with Crippen molar-refractivity contribution in [1.82, 2.24) is 4.98 Å². The van der Waals surface area contributed by atoms with Crippen LogP contribution in [-0.2, 0) is 6.18 Å². The van der Waals surface area contributed by atoms with Crippen LogP contribution >= 0.6 is 11.3 Å². The molecule has 0 unspecified atom stereocenters. The number of thiazole rings is 1. The predicted octanol–water partition coefficient (Wildman–Crippen LogP) is 5.72. The van der Waals surface area contributed by atoms with Gasteiger partial charge in [-0.25, -0.2) is 9.37 Å². The first-order chi connectivity index (χ1) is 11.9. The summed E-state index contributed by atoms with van der Waals surface area (Å²) in [5.74, 6) is 0.117. The van der Waals surface area contributed by atoms with Crippen molar-refractivity contribution in [3.8, 4) is 16.2 Å². The molecule has 0 radical (unpaired) electrons. The molecule has 2 aromatic carbocycles. The third-order valence-electron chi connectivity index (χ3n) is 3.34. The zero-order chi connectivity index (χ0) is 18.0. The molecule has 0 aliphatic carbocycles. The molecule has 0 amide bonds. The number of aromatic nitrogens is 1. The molecular formula is C17H12F4N2OS. The van der Waals surface area contributed by atoms with Crippen LogP contribution in [0.5, 0.6) is 5.75 Å². The molecule has 1 aromatic heterocycles. The minimum atomic E-state index is -4.61. The minimum absolute atomic E-state index is 0.0662. The molecular weight excluding hydrogens is 356 g/mol. The molecule has 0 saturated carbocycles. The molecule has 0 atom stereocenters. The predicted molar refractivity (Wildman–Crippen MR) is 88.8 cm³/mol. The molecule has 1 N–H and O–H groups in total. The van der Waals surface area contributed by atoms with Gasteiger partial charge >= 0.3 is 6.18 Å². The average molecular weight is 368 g/mol. The van der Waals surface area contributed by atoms with Gasteiger partial charge < -0.3 is 10.1 Å². The molecule has 0 fully saturated rings. The Kier molecular flexibility index (Phi) is 4.63. The summed E-state index contributed by atoms with van der Waals surface area (Å²) in [6.45, 7) is 0. The number of rotatable bonds is 4. The molecule has 0 bridgehead atoms. The third kappa shape index (κ3) is 3.90. The highest BCUT2D eigenvalue weighted by atomic mass is 32.1. The average Bonchev–Trinajstić information content (AvgIpc) is 3.00. The topological polar surface area (TPSA) is 34.1 Å². The highest BCUT2D eigenvalue weighted by molar-refractivity contribution is 7.19. The van der Waals surface area contributed by atoms with Crippen molar-refractivity contribution >= 4 is 22.2 Å². The number of halogens is 4. The maximum atomic E-state index is 13.3. The molecule has 3 nitrogen and oxygen atoms in total. The van der Waals surface area contributed by atoms with E-state index in [1.165, 1.54) is 19.2 Å². The maximum Gasteiger partial charge on any atom is 0.434 e. The summed E-state index contributed by atoms with van der Waals surface area (Å²) in [7, 11) is 1.52. The van der Waals surface area contributed by atoms with Gasteiger partial charge in [0.05, 0.1) is 12.0 Å². The van der Waals surface area contributed by atoms with Crippen molar-refractivity contribution in [3.63, 3.8) is 0 Å². The minimum Gasteiger partial charge on any atom is -0.497 e. The Morgan fingerprint density at radius 2 is 1.64 bits per heavy atom. The van der Waals surface area contributed by atoms with Crippen LogP contribution in [0.4, 0.5) is 28.4 Å². The van der Waals surface area contributed by atoms with Crippen LogP contribution in [0.3, 0.4) is 0 Å². The Balaban J connectivity index is 1.96. The molecule has 0 aliphatic heterocycles. The summed E-state index contributed by atoms with van der Waals surface area (Å²) in [5.41, 5.74) is -0.164. The van der Waals surface area contributed by atoms with Crippen molar-refractivity contribution in [2.75, 3.05) is 12.4 Å². The van der Waals surface area contributed by atoms with Crippen molar-refractivity contribution < 1.29 is 22.3 Å². The molecule has 0 saturated heterocycles. The van der Waals surface area contributed by atoms with Gasteiger partial charge in [0.1, 0.15) is 11.6 Å². The van der Waals surface area contributed by atoms with Crippen LogP contribution < -0.4 is 10.1 Å². The second-order valence-corrected chi connectivity index (χ2v) is 6.05. The van der Waals surface area contributed by atoms with Gasteiger partial charge in [-0.1, -0.05) is 23.5 Å². The Bertz CT molecular complexity index is 858. The number of hydrogen-bond acceptors (Lipinski definition) is 4. The standard InChI is InChI=1S/C17H12F4N2OS/c1-24-13-8-6-12(7-9-13)22-16-23-15(17(19,20)21)14(25-16)10-2-4-11(18)5-3-10/h2-9H,1H3,(H,22,23). The molecule has 0 aliphatic rings. The summed E-state index contributed by atoms with van der Waals surface area (Å²) in [6.07, 6.45) is -4.61. The van der Waals surface area contributed by atoms with E-state index in [4.69, 9.17) is 4.74 Å². The smallest absolute Gasteiger partial charge is 0.434 e. The zero-order valence-corrected chi connectivity index (χ0v) is 13.7. The summed E-state index contributed by atoms with van der Waals surface area (Å²) in [6, 6.07) is 11.5. The van der Waals surface area contributed by atoms with E-state index in [1.54, 1.807) is 24.3 Å². The summed E-state index contributed by atoms with van der Waals surface area (Å²) in [4.78, 5) is 3.61. The van der Waals surface area contributed by atoms with Crippen LogP contribution in [0.2, 0.25) is 0 Å². The number of nitrogens with zero attached hydrogens (tertiary/aromatic N) is 1. The van der Waals surface area contributed by atoms with E-state index >= 15 is 0 Å². The first-order valence-electron chi connectivity index (χ1n) is 7.12. The van der Waals surface area contributed by atoms with Gasteiger partial charge in [-0.2, -0.15) is 13.2 Å². The van der Waals surface area contributed by atoms with E-state index in [0.717, 1.165) is 23.5 Å². The molecule has 25 heavy (non-hydrogen) atoms. The van der Waals surface area contributed by atoms with Crippen LogP contribution in [-0.4, -0.2) is 12.1 Å². The number of benzene rings is 2. The molecule has 3 rings (SSSR count). The fourth-order valence-corrected chi connectivity index (χ4v) is 3.17. The van der Waals surface area contributed by atoms with E-state index in [2.05, 4.69) is 10.3 Å². The van der Waals surface area contributed by atoms with Crippen molar-refractivity contribution in [1.29, 1.82) is 0 Å². The summed E-state index contributed by atoms with van der Waals surface area (Å²) >= 11 is 0.854. The van der Waals surface area contributed by atoms with Crippen LogP contribution in [0, 0.1) is 5.82 Å². The van der Waals surface area contributed by atoms with E-state index < -0.39 is 17.7 Å². The molecule has 8 heteroatoms. The van der Waals surface area contributed by atoms with Crippen molar-refractivity contribution in [2.24, 2.45) is 0 Å². The lowest BCUT2D eigenvalue weighted by atomic mass is 10.1. The van der Waals surface area contributed by atoms with E-state index in [0.29, 0.717) is 11.4 Å². The van der Waals surface area contributed by atoms with Gasteiger partial charge in [0.15, 0.2) is 10.8 Å². The number of anilines is 2. The van der Waals surface area contributed by atoms with E-state index in [9.17, 15) is 17.6 Å². The number of alkyl halides is 3. The Labute approximate surface area is 144 Å². The number of methoxy groups -OCH3 is 1. The Morgan fingerprint density at radius 1 is 1.00 bits per heavy atom. The lowest BCUT2D eigenvalue weighted by Gasteiger charge is -2.05. The normalized spacial score (nSPS) is 11.4. The van der Waals surface area contributed by atoms with E-state index in [-0.39, 0.29) is 15.6 Å². The molecule has 1 heterocycles. The Morgan fingerprint density at radius 3 is 2.20 bits per heavy atom. The van der Waals surface area contributed by atoms with Crippen molar-refractivity contribution in [2.45, 2.75) is 6.18 Å². The monoisotopic (exact) mass is 368 g/mol. The summed E-state index contributed by atoms with van der Waals surface area (Å²) < 4.78 is 57.9. The fraction of sp³-hybridized carbons (Fsp3) is 0.118. The van der Waals surface area contributed by atoms with Gasteiger partial charge in [-0.05, 0) is 42.0 Å². The molecule has 0 spiro atoms. The fourth-order valence-electron chi connectivity index (χ4n) is 2.16. The largest absolute Gasteiger partial charge is 0.497 e. The Hall–Kier alpha value is -2.61. The van der Waals surface area contributed by atoms with Crippen LogP contribution in [0.1, 0.15) is 5.69 Å². The van der Waals surface area contributed by atoms with Crippen molar-refractivity contribution in [3.05, 3.63) is 60.0 Å². The first-order valence-corrected chi connectivity index (χ1v) is 7.93. The van der Waals surface area contributed by atoms with Gasteiger partial charge in [-0.3, -0.25) is 0 Å². The van der Waals surface area contributed by atoms with Gasteiger partial charge in [0.2, 0.25) is 0 Å². The second kappa shape index (κ2) is 6.72. The van der Waals surface area contributed by atoms with E-state index in [1.807, 2.05) is 0 Å². The second-order valence-electron chi connectivity index (χ2n) is 5.05. The zero-order valence-electron chi connectivity index (χ0n) is 12.9. The third-order valence-corrected chi connectivity index (χ3v) is 4.36. The van der Waals surface area contributed by atoms with Gasteiger partial charge in [0, 0.05) is 5.69 Å². The lowest BCUT2D eigenvalue weighted by molar-refractivity contribution is -0.140. The molecule has 3 aromatic rings. The van der Waals surface area contributed by atoms with Gasteiger partial charge in [-0.15, -0.1) is 0 Å². The maximum absolute atomic E-state index is 13.3. The highest BCUT2D eigenvalue weighted by Crippen LogP contribution is 2.42. The first kappa shape index (κ1) is 17.2. The number of ether oxygens (including phenoxy) is 1. The van der Waals surface area contributed by atoms with Crippen LogP contribution in [0.25, 0.3) is 10.4 Å². The SMILES string of the molecule is COc1ccc(Nc2nc(C(F)(F)F)c(-c3ccc(F)cc3)s2)cc1. The van der Waals surface area contributed by atoms with Crippen LogP contribution in [0.15, 0.2) is 48.5 Å². The van der Waals surface area contributed by atoms with Gasteiger partial charge in [0.25, 0.3) is 0 Å². The molecule has 130 valence electrons. The highest BCUT2D eigenvalue weighted by Gasteiger charge is 2.38. The summed E-state index contributed by atoms with van der Waals surface area (Å²) in [5, 5.41) is 2.94. The number of hydrogen-bond donors (Lipinski definition) is 1. The number of nitrogens with one attached hydrogen (secondary N) is 1. The lowest BCUT2D eigenvalue weighted by Crippen LogP contribution is -2.07.